The molecule has 7 nitrogen and oxygen atoms in total. The van der Waals surface area contributed by atoms with E-state index in [9.17, 15) is 14.4 Å². The second-order valence-electron chi connectivity index (χ2n) is 4.38. The first kappa shape index (κ1) is 15.7. The van der Waals surface area contributed by atoms with Gasteiger partial charge >= 0.3 is 5.69 Å². The smallest absolute Gasteiger partial charge is 0.308 e. The van der Waals surface area contributed by atoms with E-state index >= 15 is 0 Å². The molecule has 1 rings (SSSR count). The molecule has 0 fully saturated rings. The molecule has 0 spiro atoms. The van der Waals surface area contributed by atoms with Crippen LogP contribution in [0.5, 0.6) is 0 Å². The van der Waals surface area contributed by atoms with Crippen LogP contribution in [0.4, 0.5) is 5.69 Å². The first-order valence-electron chi connectivity index (χ1n) is 6.40. The van der Waals surface area contributed by atoms with E-state index in [2.05, 4.69) is 0 Å². The van der Waals surface area contributed by atoms with Crippen LogP contribution in [0.3, 0.4) is 0 Å². The molecule has 1 aromatic heterocycles. The predicted octanol–water partition coefficient (Wildman–Crippen LogP) is 0.172. The summed E-state index contributed by atoms with van der Waals surface area (Å²) in [5.41, 5.74) is -0.832. The quantitative estimate of drug-likeness (QED) is 0.785. The lowest BCUT2D eigenvalue weighted by molar-refractivity contribution is -0.120. The SMILES string of the molecule is CCn1cc(N(C)C(=O)C(C)C#N)c(=O)n(CC)c1=O. The van der Waals surface area contributed by atoms with Gasteiger partial charge in [-0.05, 0) is 20.8 Å². The van der Waals surface area contributed by atoms with E-state index in [0.29, 0.717) is 6.54 Å². The molecule has 0 N–H and O–H groups in total. The van der Waals surface area contributed by atoms with Crippen molar-refractivity contribution < 1.29 is 4.79 Å². The van der Waals surface area contributed by atoms with Crippen molar-refractivity contribution in [3.63, 3.8) is 0 Å². The van der Waals surface area contributed by atoms with Crippen LogP contribution in [-0.2, 0) is 17.9 Å². The van der Waals surface area contributed by atoms with Crippen molar-refractivity contribution in [2.75, 3.05) is 11.9 Å². The molecule has 1 atom stereocenters. The summed E-state index contributed by atoms with van der Waals surface area (Å²) < 4.78 is 2.43. The van der Waals surface area contributed by atoms with Gasteiger partial charge in [-0.1, -0.05) is 0 Å². The Balaban J connectivity index is 3.47. The summed E-state index contributed by atoms with van der Waals surface area (Å²) in [4.78, 5) is 37.3. The van der Waals surface area contributed by atoms with Gasteiger partial charge in [-0.3, -0.25) is 18.7 Å². The first-order chi connectivity index (χ1) is 9.38. The van der Waals surface area contributed by atoms with Crippen LogP contribution in [0.2, 0.25) is 0 Å². The van der Waals surface area contributed by atoms with Crippen LogP contribution >= 0.6 is 0 Å². The molecular formula is C13H18N4O3. The van der Waals surface area contributed by atoms with E-state index in [4.69, 9.17) is 5.26 Å². The largest absolute Gasteiger partial charge is 0.331 e. The lowest BCUT2D eigenvalue weighted by atomic mass is 10.2. The van der Waals surface area contributed by atoms with Crippen LogP contribution in [0, 0.1) is 17.2 Å². The van der Waals surface area contributed by atoms with Gasteiger partial charge in [0.2, 0.25) is 5.91 Å². The summed E-state index contributed by atoms with van der Waals surface area (Å²) in [6, 6.07) is 1.83. The van der Waals surface area contributed by atoms with Gasteiger partial charge in [-0.15, -0.1) is 0 Å². The van der Waals surface area contributed by atoms with Crippen molar-refractivity contribution in [1.82, 2.24) is 9.13 Å². The fourth-order valence-corrected chi connectivity index (χ4v) is 1.84. The average molecular weight is 278 g/mol. The lowest BCUT2D eigenvalue weighted by Gasteiger charge is -2.20. The number of anilines is 1. The highest BCUT2D eigenvalue weighted by atomic mass is 16.2. The van der Waals surface area contributed by atoms with Gasteiger partial charge in [0.1, 0.15) is 11.6 Å². The van der Waals surface area contributed by atoms with Crippen molar-refractivity contribution >= 4 is 11.6 Å². The van der Waals surface area contributed by atoms with Crippen LogP contribution < -0.4 is 16.1 Å². The third-order valence-corrected chi connectivity index (χ3v) is 3.13. The summed E-state index contributed by atoms with van der Waals surface area (Å²) >= 11 is 0. The number of nitrogens with zero attached hydrogens (tertiary/aromatic N) is 4. The molecule has 0 saturated carbocycles. The molecule has 0 aromatic carbocycles. The van der Waals surface area contributed by atoms with Gasteiger partial charge in [-0.2, -0.15) is 5.26 Å². The molecular weight excluding hydrogens is 260 g/mol. The van der Waals surface area contributed by atoms with E-state index in [1.165, 1.54) is 24.7 Å². The fourth-order valence-electron chi connectivity index (χ4n) is 1.84. The number of aryl methyl sites for hydroxylation is 1. The highest BCUT2D eigenvalue weighted by molar-refractivity contribution is 5.95. The van der Waals surface area contributed by atoms with E-state index in [0.717, 1.165) is 9.47 Å². The van der Waals surface area contributed by atoms with E-state index in [-0.39, 0.29) is 12.2 Å². The van der Waals surface area contributed by atoms with Gasteiger partial charge < -0.3 is 4.90 Å². The minimum absolute atomic E-state index is 0.0976. The molecule has 0 radical (unpaired) electrons. The molecule has 0 aliphatic heterocycles. The lowest BCUT2D eigenvalue weighted by Crippen LogP contribution is -2.44. The summed E-state index contributed by atoms with van der Waals surface area (Å²) in [5.74, 6) is -1.33. The van der Waals surface area contributed by atoms with Crippen LogP contribution in [0.15, 0.2) is 15.8 Å². The average Bonchev–Trinajstić information content (AvgIpc) is 2.45. The van der Waals surface area contributed by atoms with Gasteiger partial charge in [-0.25, -0.2) is 4.79 Å². The van der Waals surface area contributed by atoms with Gasteiger partial charge in [0.25, 0.3) is 5.56 Å². The van der Waals surface area contributed by atoms with Gasteiger partial charge in [0.05, 0.1) is 6.07 Å². The maximum Gasteiger partial charge on any atom is 0.331 e. The Morgan fingerprint density at radius 2 is 2.00 bits per heavy atom. The number of carbonyl (C=O) groups is 1. The molecule has 7 heteroatoms. The molecule has 0 saturated heterocycles. The molecule has 0 aliphatic carbocycles. The molecule has 0 bridgehead atoms. The Hall–Kier alpha value is -2.36. The Morgan fingerprint density at radius 3 is 2.45 bits per heavy atom. The third kappa shape index (κ3) is 2.64. The maximum absolute atomic E-state index is 12.2. The predicted molar refractivity (Wildman–Crippen MR) is 74.5 cm³/mol. The minimum atomic E-state index is -0.850. The van der Waals surface area contributed by atoms with Gasteiger partial charge in [0, 0.05) is 26.3 Å². The Labute approximate surface area is 116 Å². The number of hydrogen-bond donors (Lipinski definition) is 0. The summed E-state index contributed by atoms with van der Waals surface area (Å²) in [7, 11) is 1.43. The Morgan fingerprint density at radius 1 is 1.40 bits per heavy atom. The van der Waals surface area contributed by atoms with Crippen LogP contribution in [0.25, 0.3) is 0 Å². The number of carbonyl (C=O) groups excluding carboxylic acids is 1. The molecule has 108 valence electrons. The molecule has 0 aliphatic rings. The topological polar surface area (TPSA) is 88.1 Å². The summed E-state index contributed by atoms with van der Waals surface area (Å²) in [5, 5.41) is 8.78. The van der Waals surface area contributed by atoms with Gasteiger partial charge in [0.15, 0.2) is 0 Å². The zero-order chi connectivity index (χ0) is 15.4. The number of hydrogen-bond acceptors (Lipinski definition) is 4. The van der Waals surface area contributed by atoms with Crippen molar-refractivity contribution in [1.29, 1.82) is 5.26 Å². The zero-order valence-electron chi connectivity index (χ0n) is 12.1. The van der Waals surface area contributed by atoms with Crippen molar-refractivity contribution in [2.24, 2.45) is 5.92 Å². The number of rotatable bonds is 4. The third-order valence-electron chi connectivity index (χ3n) is 3.13. The second-order valence-corrected chi connectivity index (χ2v) is 4.38. The van der Waals surface area contributed by atoms with Crippen LogP contribution in [0.1, 0.15) is 20.8 Å². The maximum atomic E-state index is 12.2. The van der Waals surface area contributed by atoms with E-state index < -0.39 is 23.1 Å². The highest BCUT2D eigenvalue weighted by Crippen LogP contribution is 2.08. The van der Waals surface area contributed by atoms with Crippen molar-refractivity contribution in [3.05, 3.63) is 27.0 Å². The number of aromatic nitrogens is 2. The Bertz CT molecular complexity index is 666. The van der Waals surface area contributed by atoms with E-state index in [1.807, 2.05) is 6.07 Å². The molecule has 20 heavy (non-hydrogen) atoms. The number of nitriles is 1. The van der Waals surface area contributed by atoms with E-state index in [1.54, 1.807) is 13.8 Å². The molecule has 1 aromatic rings. The zero-order valence-corrected chi connectivity index (χ0v) is 12.1. The summed E-state index contributed by atoms with van der Waals surface area (Å²) in [6.07, 6.45) is 1.36. The molecule has 1 heterocycles. The Kier molecular flexibility index (Phi) is 4.86. The molecule has 1 amide bonds. The van der Waals surface area contributed by atoms with Crippen LogP contribution in [-0.4, -0.2) is 22.1 Å². The second kappa shape index (κ2) is 6.19. The van der Waals surface area contributed by atoms with Crippen molar-refractivity contribution in [3.8, 4) is 6.07 Å². The molecule has 1 unspecified atom stereocenters. The normalized spacial score (nSPS) is 11.8. The number of amides is 1. The highest BCUT2D eigenvalue weighted by Gasteiger charge is 2.22. The monoisotopic (exact) mass is 278 g/mol. The van der Waals surface area contributed by atoms with Crippen molar-refractivity contribution in [2.45, 2.75) is 33.9 Å². The summed E-state index contributed by atoms with van der Waals surface area (Å²) in [6.45, 7) is 5.54. The first-order valence-corrected chi connectivity index (χ1v) is 6.40. The standard InChI is InChI=1S/C13H18N4O3/c1-5-16-8-10(12(19)17(6-2)13(16)20)15(4)11(18)9(3)7-14/h8-9H,5-6H2,1-4H3. The fraction of sp³-hybridized carbons (Fsp3) is 0.538. The minimum Gasteiger partial charge on any atom is -0.308 e.